The Bertz CT molecular complexity index is 422. The molecule has 19 heavy (non-hydrogen) atoms. The van der Waals surface area contributed by atoms with E-state index in [9.17, 15) is 31.5 Å². The van der Waals surface area contributed by atoms with Crippen LogP contribution in [0.3, 0.4) is 0 Å². The summed E-state index contributed by atoms with van der Waals surface area (Å²) in [6.07, 6.45) is -5.64. The van der Waals surface area contributed by atoms with Crippen molar-refractivity contribution in [2.24, 2.45) is 5.92 Å². The summed E-state index contributed by atoms with van der Waals surface area (Å²) in [4.78, 5) is 22.7. The summed E-state index contributed by atoms with van der Waals surface area (Å²) in [7, 11) is 0. The Kier molecular flexibility index (Phi) is 2.98. The van der Waals surface area contributed by atoms with Crippen LogP contribution in [0.4, 0.5) is 22.0 Å². The highest BCUT2D eigenvalue weighted by Crippen LogP contribution is 2.46. The molecule has 2 aliphatic rings. The lowest BCUT2D eigenvalue weighted by atomic mass is 9.89. The molecule has 2 bridgehead atoms. The van der Waals surface area contributed by atoms with Crippen molar-refractivity contribution < 1.29 is 36.6 Å². The fraction of sp³-hybridized carbons (Fsp3) is 0.800. The molecule has 1 amide bonds. The van der Waals surface area contributed by atoms with E-state index < -0.39 is 42.0 Å². The second-order valence-electron chi connectivity index (χ2n) is 4.76. The predicted octanol–water partition coefficient (Wildman–Crippen LogP) is 1.65. The Morgan fingerprint density at radius 1 is 1.11 bits per heavy atom. The molecule has 9 heteroatoms. The number of nitrogens with zero attached hydrogens (tertiary/aromatic N) is 1. The smallest absolute Gasteiger partial charge is 0.463 e. The lowest BCUT2D eigenvalue weighted by Crippen LogP contribution is -2.54. The highest BCUT2D eigenvalue weighted by Gasteiger charge is 2.67. The summed E-state index contributed by atoms with van der Waals surface area (Å²) >= 11 is 0. The average Bonchev–Trinajstić information content (AvgIpc) is 2.83. The van der Waals surface area contributed by atoms with Gasteiger partial charge in [0.2, 0.25) is 0 Å². The van der Waals surface area contributed by atoms with Gasteiger partial charge < -0.3 is 10.0 Å². The molecule has 3 atom stereocenters. The molecule has 0 aromatic rings. The van der Waals surface area contributed by atoms with Crippen LogP contribution in [-0.4, -0.2) is 46.1 Å². The maximum absolute atomic E-state index is 13.0. The van der Waals surface area contributed by atoms with Crippen molar-refractivity contribution in [2.75, 3.05) is 0 Å². The number of rotatable bonds is 2. The lowest BCUT2D eigenvalue weighted by Gasteiger charge is -2.28. The maximum Gasteiger partial charge on any atom is 0.463 e. The Morgan fingerprint density at radius 3 is 2.11 bits per heavy atom. The number of hydrogen-bond acceptors (Lipinski definition) is 2. The number of carbonyl (C=O) groups excluding carboxylic acids is 1. The summed E-state index contributed by atoms with van der Waals surface area (Å²) < 4.78 is 62.5. The van der Waals surface area contributed by atoms with Gasteiger partial charge >= 0.3 is 24.0 Å². The molecule has 2 saturated heterocycles. The predicted molar refractivity (Wildman–Crippen MR) is 50.4 cm³/mol. The van der Waals surface area contributed by atoms with Crippen molar-refractivity contribution in [1.82, 2.24) is 4.90 Å². The van der Waals surface area contributed by atoms with Gasteiger partial charge in [-0.15, -0.1) is 0 Å². The van der Waals surface area contributed by atoms with Crippen LogP contribution in [-0.2, 0) is 9.59 Å². The van der Waals surface area contributed by atoms with Gasteiger partial charge in [0.05, 0.1) is 5.92 Å². The first-order chi connectivity index (χ1) is 8.57. The summed E-state index contributed by atoms with van der Waals surface area (Å²) in [6.45, 7) is 0. The van der Waals surface area contributed by atoms with E-state index in [1.165, 1.54) is 0 Å². The largest absolute Gasteiger partial charge is 0.481 e. The lowest BCUT2D eigenvalue weighted by molar-refractivity contribution is -0.275. The fourth-order valence-electron chi connectivity index (χ4n) is 2.85. The standard InChI is InChI=1S/C10H10F5NO3/c11-9(12,10(13,14)15)8(19)16-4-1-2-6(16)5(3-4)7(17)18/h4-6H,1-3H2,(H,17,18). The third kappa shape index (κ3) is 1.95. The van der Waals surface area contributed by atoms with Gasteiger partial charge in [-0.1, -0.05) is 0 Å². The van der Waals surface area contributed by atoms with E-state index in [4.69, 9.17) is 5.11 Å². The Labute approximate surface area is 104 Å². The molecule has 1 N–H and O–H groups in total. The van der Waals surface area contributed by atoms with Crippen LogP contribution in [0, 0.1) is 5.92 Å². The number of carbonyl (C=O) groups is 2. The molecule has 0 saturated carbocycles. The van der Waals surface area contributed by atoms with Crippen LogP contribution in [0.5, 0.6) is 0 Å². The summed E-state index contributed by atoms with van der Waals surface area (Å²) in [5.74, 6) is -10.1. The molecule has 2 heterocycles. The van der Waals surface area contributed by atoms with E-state index in [1.54, 1.807) is 0 Å². The summed E-state index contributed by atoms with van der Waals surface area (Å²) in [6, 6.07) is -1.91. The van der Waals surface area contributed by atoms with E-state index >= 15 is 0 Å². The van der Waals surface area contributed by atoms with Gasteiger partial charge in [0.25, 0.3) is 0 Å². The highest BCUT2D eigenvalue weighted by molar-refractivity contribution is 5.87. The van der Waals surface area contributed by atoms with E-state index in [1.807, 2.05) is 0 Å². The third-order valence-electron chi connectivity index (χ3n) is 3.71. The molecule has 0 aromatic carbocycles. The molecular formula is C10H10F5NO3. The SMILES string of the molecule is O=C(O)C1CC2CCC1N2C(=O)C(F)(F)C(F)(F)F. The quantitative estimate of drug-likeness (QED) is 0.786. The molecular weight excluding hydrogens is 277 g/mol. The van der Waals surface area contributed by atoms with E-state index in [0.717, 1.165) is 0 Å². The normalized spacial score (nSPS) is 30.8. The number of hydrogen-bond donors (Lipinski definition) is 1. The Hall–Kier alpha value is -1.41. The van der Waals surface area contributed by atoms with E-state index in [2.05, 4.69) is 0 Å². The molecule has 0 radical (unpaired) electrons. The molecule has 0 aliphatic carbocycles. The molecule has 3 unspecified atom stereocenters. The van der Waals surface area contributed by atoms with Gasteiger partial charge in [0.1, 0.15) is 0 Å². The van der Waals surface area contributed by atoms with Gasteiger partial charge in [0, 0.05) is 12.1 Å². The molecule has 2 rings (SSSR count). The number of carboxylic acid groups (broad SMARTS) is 1. The van der Waals surface area contributed by atoms with Crippen LogP contribution >= 0.6 is 0 Å². The van der Waals surface area contributed by atoms with E-state index in [-0.39, 0.29) is 19.3 Å². The van der Waals surface area contributed by atoms with Crippen LogP contribution in [0.2, 0.25) is 0 Å². The molecule has 2 fully saturated rings. The minimum Gasteiger partial charge on any atom is -0.481 e. The number of aliphatic carboxylic acids is 1. The van der Waals surface area contributed by atoms with Gasteiger partial charge in [-0.25, -0.2) is 0 Å². The van der Waals surface area contributed by atoms with E-state index in [0.29, 0.717) is 4.90 Å². The molecule has 4 nitrogen and oxygen atoms in total. The second kappa shape index (κ2) is 4.04. The van der Waals surface area contributed by atoms with Gasteiger partial charge in [-0.2, -0.15) is 22.0 Å². The first-order valence-corrected chi connectivity index (χ1v) is 5.57. The van der Waals surface area contributed by atoms with Crippen LogP contribution in [0.25, 0.3) is 0 Å². The number of amides is 1. The van der Waals surface area contributed by atoms with Crippen molar-refractivity contribution in [1.29, 1.82) is 0 Å². The zero-order chi connectivity index (χ0) is 14.6. The van der Waals surface area contributed by atoms with Crippen LogP contribution in [0.1, 0.15) is 19.3 Å². The zero-order valence-electron chi connectivity index (χ0n) is 9.45. The number of carboxylic acids is 1. The van der Waals surface area contributed by atoms with Gasteiger partial charge in [0.15, 0.2) is 0 Å². The van der Waals surface area contributed by atoms with Gasteiger partial charge in [-0.3, -0.25) is 9.59 Å². The summed E-state index contributed by atoms with van der Waals surface area (Å²) in [5, 5.41) is 8.85. The zero-order valence-corrected chi connectivity index (χ0v) is 9.45. The first-order valence-electron chi connectivity index (χ1n) is 5.57. The van der Waals surface area contributed by atoms with Gasteiger partial charge in [-0.05, 0) is 19.3 Å². The number of alkyl halides is 5. The third-order valence-corrected chi connectivity index (χ3v) is 3.71. The molecule has 0 aromatic heterocycles. The summed E-state index contributed by atoms with van der Waals surface area (Å²) in [5.41, 5.74) is 0. The minimum absolute atomic E-state index is 0.0698. The van der Waals surface area contributed by atoms with Crippen LogP contribution in [0.15, 0.2) is 0 Å². The Balaban J connectivity index is 2.25. The van der Waals surface area contributed by atoms with Crippen molar-refractivity contribution in [3.05, 3.63) is 0 Å². The molecule has 0 spiro atoms. The monoisotopic (exact) mass is 287 g/mol. The van der Waals surface area contributed by atoms with Crippen LogP contribution < -0.4 is 0 Å². The maximum atomic E-state index is 13.0. The topological polar surface area (TPSA) is 57.6 Å². The van der Waals surface area contributed by atoms with Crippen molar-refractivity contribution in [2.45, 2.75) is 43.4 Å². The average molecular weight is 287 g/mol. The van der Waals surface area contributed by atoms with Crippen molar-refractivity contribution >= 4 is 11.9 Å². The minimum atomic E-state index is -5.97. The highest BCUT2D eigenvalue weighted by atomic mass is 19.4. The fourth-order valence-corrected chi connectivity index (χ4v) is 2.85. The van der Waals surface area contributed by atoms with Crippen molar-refractivity contribution in [3.63, 3.8) is 0 Å². The number of fused-ring (bicyclic) bond motifs is 2. The number of halogens is 5. The first kappa shape index (κ1) is 14.0. The Morgan fingerprint density at radius 2 is 1.68 bits per heavy atom. The van der Waals surface area contributed by atoms with Crippen molar-refractivity contribution in [3.8, 4) is 0 Å². The molecule has 108 valence electrons. The molecule has 2 aliphatic heterocycles. The second-order valence-corrected chi connectivity index (χ2v) is 4.76.